The van der Waals surface area contributed by atoms with Crippen LogP contribution in [-0.2, 0) is 24.8 Å². The molecule has 3 aliphatic heterocycles. The van der Waals surface area contributed by atoms with Gasteiger partial charge in [-0.2, -0.15) is 0 Å². The van der Waals surface area contributed by atoms with Crippen molar-refractivity contribution in [3.8, 4) is 0 Å². The van der Waals surface area contributed by atoms with Crippen LogP contribution in [0, 0.1) is 0 Å². The summed E-state index contributed by atoms with van der Waals surface area (Å²) in [5.74, 6) is 0. The summed E-state index contributed by atoms with van der Waals surface area (Å²) in [6.45, 7) is -7.86. The molecule has 16 heteroatoms. The van der Waals surface area contributed by atoms with Gasteiger partial charge in [0.2, 0.25) is 0 Å². The predicted molar refractivity (Wildman–Crippen MR) is 124 cm³/mol. The SMILES string of the molecule is FC(F)(F)C1(C(F)(F)F)O[P-]23(CC(c4ccccc4)O2)(OC(C(F)(F)F)(C(F)(F)F)c2ccccc23)c2ccccc21. The Morgan fingerprint density at radius 3 is 1.21 bits per heavy atom. The zero-order valence-electron chi connectivity index (χ0n) is 20.5. The summed E-state index contributed by atoms with van der Waals surface area (Å²) in [5.41, 5.74) is -14.4. The van der Waals surface area contributed by atoms with E-state index in [4.69, 9.17) is 13.6 Å². The van der Waals surface area contributed by atoms with Crippen LogP contribution >= 0.6 is 6.63 Å². The Labute approximate surface area is 227 Å². The first-order chi connectivity index (χ1) is 19.2. The molecule has 1 saturated heterocycles. The molecule has 3 heterocycles. The molecule has 0 saturated carbocycles. The fourth-order valence-electron chi connectivity index (χ4n) is 6.71. The number of rotatable bonds is 1. The van der Waals surface area contributed by atoms with Crippen LogP contribution in [0.5, 0.6) is 0 Å². The molecule has 3 nitrogen and oxygen atoms in total. The minimum atomic E-state index is -7.86. The van der Waals surface area contributed by atoms with E-state index < -0.39 is 76.5 Å². The quantitative estimate of drug-likeness (QED) is 0.201. The minimum absolute atomic E-state index is 0.0407. The van der Waals surface area contributed by atoms with Gasteiger partial charge in [0, 0.05) is 0 Å². The Kier molecular flexibility index (Phi) is 5.29. The number of fused-ring (bicyclic) bond motifs is 2. The maximum absolute atomic E-state index is 14.8. The third kappa shape index (κ3) is 2.91. The van der Waals surface area contributed by atoms with Crippen LogP contribution in [0.3, 0.4) is 0 Å². The summed E-state index contributed by atoms with van der Waals surface area (Å²) in [5, 5.41) is -2.63. The number of benzene rings is 3. The van der Waals surface area contributed by atoms with Gasteiger partial charge in [-0.1, -0.05) is 0 Å². The van der Waals surface area contributed by atoms with Gasteiger partial charge in [-0.05, 0) is 0 Å². The molecule has 228 valence electrons. The zero-order valence-corrected chi connectivity index (χ0v) is 21.4. The van der Waals surface area contributed by atoms with Crippen molar-refractivity contribution in [1.29, 1.82) is 0 Å². The first-order valence-corrected chi connectivity index (χ1v) is 14.6. The van der Waals surface area contributed by atoms with E-state index in [-0.39, 0.29) is 5.56 Å². The summed E-state index contributed by atoms with van der Waals surface area (Å²) in [6, 6.07) is 11.7. The second-order valence-corrected chi connectivity index (χ2v) is 15.4. The molecule has 0 aliphatic carbocycles. The van der Waals surface area contributed by atoms with Gasteiger partial charge in [-0.3, -0.25) is 0 Å². The van der Waals surface area contributed by atoms with Crippen LogP contribution in [0.4, 0.5) is 52.7 Å². The molecule has 1 unspecified atom stereocenters. The fourth-order valence-corrected chi connectivity index (χ4v) is 14.5. The number of hydrogen-bond acceptors (Lipinski definition) is 3. The van der Waals surface area contributed by atoms with Crippen LogP contribution in [-0.4, -0.2) is 30.9 Å². The number of hydrogen-bond donors (Lipinski definition) is 0. The van der Waals surface area contributed by atoms with E-state index >= 15 is 0 Å². The van der Waals surface area contributed by atoms with Crippen LogP contribution in [0.15, 0.2) is 78.9 Å². The summed E-state index contributed by atoms with van der Waals surface area (Å²) in [6.07, 6.45) is -28.8. The molecule has 42 heavy (non-hydrogen) atoms. The van der Waals surface area contributed by atoms with Crippen molar-refractivity contribution in [2.75, 3.05) is 6.16 Å². The molecule has 1 atom stereocenters. The van der Waals surface area contributed by atoms with Crippen LogP contribution in [0.25, 0.3) is 0 Å². The molecule has 0 bridgehead atoms. The van der Waals surface area contributed by atoms with Crippen molar-refractivity contribution in [2.24, 2.45) is 0 Å². The molecule has 0 amide bonds. The first-order valence-electron chi connectivity index (χ1n) is 12.0. The number of alkyl halides is 12. The first kappa shape index (κ1) is 29.2. The predicted octanol–water partition coefficient (Wildman–Crippen LogP) is 7.94. The molecule has 6 rings (SSSR count). The number of halogens is 12. The molecule has 0 aromatic heterocycles. The van der Waals surface area contributed by atoms with Gasteiger partial charge in [0.15, 0.2) is 0 Å². The van der Waals surface area contributed by atoms with Gasteiger partial charge in [0.05, 0.1) is 0 Å². The van der Waals surface area contributed by atoms with E-state index in [2.05, 4.69) is 0 Å². The van der Waals surface area contributed by atoms with Gasteiger partial charge in [0.1, 0.15) is 0 Å². The van der Waals surface area contributed by atoms with Gasteiger partial charge in [-0.25, -0.2) is 0 Å². The van der Waals surface area contributed by atoms with Crippen molar-refractivity contribution < 1.29 is 66.3 Å². The third-order valence-corrected chi connectivity index (χ3v) is 14.7. The standard InChI is InChI=1S/C26H16F12O3P/c27-23(28,29)21(24(30,31)32)16-10-4-6-12-19(16)42(40-21,14-18(39-42)15-8-2-1-3-9-15)20-13-7-5-11-17(20)22(41-42,25(33,34)35)26(36,37)38/h1-13,18H,14H2/q-1. The summed E-state index contributed by atoms with van der Waals surface area (Å²) in [7, 11) is 0. The Bertz CT molecular complexity index is 1480. The fraction of sp³-hybridized carbons (Fsp3) is 0.308. The van der Waals surface area contributed by atoms with E-state index in [0.717, 1.165) is 24.3 Å². The van der Waals surface area contributed by atoms with Gasteiger partial charge in [-0.15, -0.1) is 0 Å². The van der Waals surface area contributed by atoms with Crippen LogP contribution < -0.4 is 10.6 Å². The van der Waals surface area contributed by atoms with Crippen molar-refractivity contribution in [1.82, 2.24) is 0 Å². The molecule has 0 radical (unpaired) electrons. The molecule has 1 spiro atoms. The normalized spacial score (nSPS) is 26.3. The van der Waals surface area contributed by atoms with Crippen LogP contribution in [0.1, 0.15) is 22.8 Å². The average Bonchev–Trinajstić information content (AvgIpc) is 3.30. The van der Waals surface area contributed by atoms with Crippen molar-refractivity contribution in [2.45, 2.75) is 42.0 Å². The molecule has 3 aromatic rings. The molecule has 1 fully saturated rings. The Hall–Kier alpha value is -2.87. The van der Waals surface area contributed by atoms with E-state index in [1.54, 1.807) is 0 Å². The third-order valence-electron chi connectivity index (χ3n) is 8.21. The second-order valence-electron chi connectivity index (χ2n) is 10.3. The molecule has 0 N–H and O–H groups in total. The molecular formula is C26H16F12O3P-. The summed E-state index contributed by atoms with van der Waals surface area (Å²) >= 11 is 0. The van der Waals surface area contributed by atoms with Crippen molar-refractivity contribution in [3.05, 3.63) is 95.6 Å². The van der Waals surface area contributed by atoms with Crippen molar-refractivity contribution in [3.63, 3.8) is 0 Å². The second kappa shape index (κ2) is 7.61. The van der Waals surface area contributed by atoms with E-state index in [0.29, 0.717) is 24.3 Å². The maximum atomic E-state index is 14.8. The molecule has 3 aliphatic rings. The molecule has 3 aromatic carbocycles. The van der Waals surface area contributed by atoms with Crippen molar-refractivity contribution >= 4 is 17.2 Å². The van der Waals surface area contributed by atoms with E-state index in [9.17, 15) is 52.7 Å². The average molecular weight is 635 g/mol. The Balaban J connectivity index is 1.84. The van der Waals surface area contributed by atoms with E-state index in [1.807, 2.05) is 0 Å². The van der Waals surface area contributed by atoms with E-state index in [1.165, 1.54) is 30.3 Å². The Morgan fingerprint density at radius 1 is 0.524 bits per heavy atom. The zero-order chi connectivity index (χ0) is 30.9. The molecular weight excluding hydrogens is 619 g/mol. The van der Waals surface area contributed by atoms with Gasteiger partial charge >= 0.3 is 227 Å². The van der Waals surface area contributed by atoms with Gasteiger partial charge in [0.25, 0.3) is 0 Å². The Morgan fingerprint density at radius 2 is 0.857 bits per heavy atom. The summed E-state index contributed by atoms with van der Waals surface area (Å²) in [4.78, 5) is 0. The van der Waals surface area contributed by atoms with Gasteiger partial charge < -0.3 is 0 Å². The topological polar surface area (TPSA) is 27.7 Å². The summed E-state index contributed by atoms with van der Waals surface area (Å²) < 4.78 is 194. The monoisotopic (exact) mass is 635 g/mol. The van der Waals surface area contributed by atoms with Crippen LogP contribution in [0.2, 0.25) is 0 Å².